The molecule has 0 aliphatic heterocycles. The highest BCUT2D eigenvalue weighted by atomic mass is 16.2. The molecule has 1 aliphatic rings. The van der Waals surface area contributed by atoms with Gasteiger partial charge in [0.1, 0.15) is 0 Å². The summed E-state index contributed by atoms with van der Waals surface area (Å²) in [7, 11) is 0. The van der Waals surface area contributed by atoms with Crippen LogP contribution in [0.4, 0.5) is 5.69 Å². The van der Waals surface area contributed by atoms with E-state index in [0.717, 1.165) is 24.2 Å². The second-order valence-electron chi connectivity index (χ2n) is 5.47. The van der Waals surface area contributed by atoms with Crippen molar-refractivity contribution in [2.45, 2.75) is 39.7 Å². The van der Waals surface area contributed by atoms with Crippen LogP contribution < -0.4 is 10.6 Å². The molecule has 0 heterocycles. The lowest BCUT2D eigenvalue weighted by molar-refractivity contribution is -0.123. The molecule has 1 aromatic rings. The van der Waals surface area contributed by atoms with Crippen LogP contribution in [0.25, 0.3) is 0 Å². The van der Waals surface area contributed by atoms with Crippen molar-refractivity contribution in [3.05, 3.63) is 29.8 Å². The fraction of sp³-hybridized carbons (Fsp3) is 0.562. The first-order valence-electron chi connectivity index (χ1n) is 7.27. The molecule has 1 aromatic carbocycles. The third-order valence-electron chi connectivity index (χ3n) is 4.24. The number of carbonyl (C=O) groups is 1. The summed E-state index contributed by atoms with van der Waals surface area (Å²) in [6.45, 7) is 5.50. The Morgan fingerprint density at radius 3 is 2.47 bits per heavy atom. The Morgan fingerprint density at radius 2 is 2.00 bits per heavy atom. The molecule has 1 aliphatic carbocycles. The van der Waals surface area contributed by atoms with Crippen molar-refractivity contribution in [1.29, 1.82) is 0 Å². The number of anilines is 1. The minimum absolute atomic E-state index is 0.203. The lowest BCUT2D eigenvalue weighted by Gasteiger charge is -2.26. The van der Waals surface area contributed by atoms with Crippen molar-refractivity contribution in [3.63, 3.8) is 0 Å². The van der Waals surface area contributed by atoms with Crippen LogP contribution in [0, 0.1) is 11.8 Å². The summed E-state index contributed by atoms with van der Waals surface area (Å²) in [6, 6.07) is 8.01. The molecular formula is C16H24N2O. The van der Waals surface area contributed by atoms with E-state index in [9.17, 15) is 4.79 Å². The van der Waals surface area contributed by atoms with Gasteiger partial charge in [-0.1, -0.05) is 25.5 Å². The average Bonchev–Trinajstić information content (AvgIpc) is 2.86. The standard InChI is InChI=1S/C16H24N2O/c1-3-18(14-9-7-13(11-17)8-10-14)16(19)15-6-4-5-12(15)2/h7-10,12,15H,3-6,11,17H2,1-2H3. The highest BCUT2D eigenvalue weighted by Crippen LogP contribution is 2.33. The predicted octanol–water partition coefficient (Wildman–Crippen LogP) is 2.93. The van der Waals surface area contributed by atoms with Crippen LogP contribution in [0.3, 0.4) is 0 Å². The summed E-state index contributed by atoms with van der Waals surface area (Å²) in [6.07, 6.45) is 3.40. The first-order valence-corrected chi connectivity index (χ1v) is 7.27. The van der Waals surface area contributed by atoms with Gasteiger partial charge in [-0.3, -0.25) is 4.79 Å². The molecule has 3 nitrogen and oxygen atoms in total. The highest BCUT2D eigenvalue weighted by Gasteiger charge is 2.32. The maximum absolute atomic E-state index is 12.6. The largest absolute Gasteiger partial charge is 0.326 e. The molecule has 0 aromatic heterocycles. The van der Waals surface area contributed by atoms with E-state index in [-0.39, 0.29) is 11.8 Å². The molecule has 2 rings (SSSR count). The summed E-state index contributed by atoms with van der Waals surface area (Å²) in [5.41, 5.74) is 7.69. The molecule has 1 fully saturated rings. The van der Waals surface area contributed by atoms with E-state index < -0.39 is 0 Å². The first kappa shape index (κ1) is 14.1. The highest BCUT2D eigenvalue weighted by molar-refractivity contribution is 5.95. The van der Waals surface area contributed by atoms with Crippen molar-refractivity contribution in [2.24, 2.45) is 17.6 Å². The Balaban J connectivity index is 2.16. The molecule has 104 valence electrons. The van der Waals surface area contributed by atoms with Crippen molar-refractivity contribution in [3.8, 4) is 0 Å². The molecule has 2 N–H and O–H groups in total. The number of amides is 1. The van der Waals surface area contributed by atoms with Crippen LogP contribution in [0.2, 0.25) is 0 Å². The van der Waals surface area contributed by atoms with Crippen LogP contribution in [-0.4, -0.2) is 12.5 Å². The van der Waals surface area contributed by atoms with E-state index in [2.05, 4.69) is 6.92 Å². The van der Waals surface area contributed by atoms with E-state index >= 15 is 0 Å². The number of carbonyl (C=O) groups excluding carboxylic acids is 1. The number of hydrogen-bond acceptors (Lipinski definition) is 2. The summed E-state index contributed by atoms with van der Waals surface area (Å²) < 4.78 is 0. The third kappa shape index (κ3) is 2.98. The molecule has 0 radical (unpaired) electrons. The Hall–Kier alpha value is -1.35. The van der Waals surface area contributed by atoms with Crippen LogP contribution >= 0.6 is 0 Å². The van der Waals surface area contributed by atoms with Gasteiger partial charge in [-0.15, -0.1) is 0 Å². The van der Waals surface area contributed by atoms with E-state index in [4.69, 9.17) is 5.73 Å². The number of benzene rings is 1. The smallest absolute Gasteiger partial charge is 0.230 e. The summed E-state index contributed by atoms with van der Waals surface area (Å²) in [5.74, 6) is 1.01. The predicted molar refractivity (Wildman–Crippen MR) is 78.9 cm³/mol. The Kier molecular flexibility index (Phi) is 4.59. The Bertz CT molecular complexity index is 427. The van der Waals surface area contributed by atoms with E-state index in [0.29, 0.717) is 12.5 Å². The molecular weight excluding hydrogens is 236 g/mol. The molecule has 3 heteroatoms. The number of rotatable bonds is 4. The van der Waals surface area contributed by atoms with Gasteiger partial charge in [0.15, 0.2) is 0 Å². The maximum Gasteiger partial charge on any atom is 0.230 e. The average molecular weight is 260 g/mol. The molecule has 2 unspecified atom stereocenters. The normalized spacial score (nSPS) is 22.5. The molecule has 1 saturated carbocycles. The molecule has 0 bridgehead atoms. The molecule has 0 spiro atoms. The third-order valence-corrected chi connectivity index (χ3v) is 4.24. The van der Waals surface area contributed by atoms with E-state index in [1.165, 1.54) is 12.8 Å². The SMILES string of the molecule is CCN(C(=O)C1CCCC1C)c1ccc(CN)cc1. The summed E-state index contributed by atoms with van der Waals surface area (Å²) in [4.78, 5) is 14.6. The zero-order valence-electron chi connectivity index (χ0n) is 11.9. The van der Waals surface area contributed by atoms with Crippen molar-refractivity contribution in [1.82, 2.24) is 0 Å². The molecule has 2 atom stereocenters. The quantitative estimate of drug-likeness (QED) is 0.904. The second-order valence-corrected chi connectivity index (χ2v) is 5.47. The fourth-order valence-electron chi connectivity index (χ4n) is 2.99. The van der Waals surface area contributed by atoms with Gasteiger partial charge in [0.25, 0.3) is 0 Å². The molecule has 19 heavy (non-hydrogen) atoms. The number of nitrogens with zero attached hydrogens (tertiary/aromatic N) is 1. The van der Waals surface area contributed by atoms with Crippen LogP contribution in [0.15, 0.2) is 24.3 Å². The second kappa shape index (κ2) is 6.20. The Labute approximate surface area is 115 Å². The van der Waals surface area contributed by atoms with Gasteiger partial charge in [-0.2, -0.15) is 0 Å². The van der Waals surface area contributed by atoms with Gasteiger partial charge < -0.3 is 10.6 Å². The van der Waals surface area contributed by atoms with E-state index in [1.807, 2.05) is 36.1 Å². The topological polar surface area (TPSA) is 46.3 Å². The van der Waals surface area contributed by atoms with Gasteiger partial charge in [0, 0.05) is 24.7 Å². The zero-order valence-corrected chi connectivity index (χ0v) is 11.9. The van der Waals surface area contributed by atoms with Gasteiger partial charge >= 0.3 is 0 Å². The lowest BCUT2D eigenvalue weighted by atomic mass is 9.96. The van der Waals surface area contributed by atoms with Gasteiger partial charge in [0.05, 0.1) is 0 Å². The van der Waals surface area contributed by atoms with Gasteiger partial charge in [-0.05, 0) is 43.4 Å². The van der Waals surface area contributed by atoms with E-state index in [1.54, 1.807) is 0 Å². The molecule has 1 amide bonds. The van der Waals surface area contributed by atoms with Crippen LogP contribution in [0.5, 0.6) is 0 Å². The minimum atomic E-state index is 0.203. The first-order chi connectivity index (χ1) is 9.17. The van der Waals surface area contributed by atoms with Crippen molar-refractivity contribution in [2.75, 3.05) is 11.4 Å². The van der Waals surface area contributed by atoms with Crippen molar-refractivity contribution >= 4 is 11.6 Å². The fourth-order valence-corrected chi connectivity index (χ4v) is 2.99. The maximum atomic E-state index is 12.6. The van der Waals surface area contributed by atoms with Gasteiger partial charge in [0.2, 0.25) is 5.91 Å². The summed E-state index contributed by atoms with van der Waals surface area (Å²) in [5, 5.41) is 0. The van der Waals surface area contributed by atoms with Crippen LogP contribution in [-0.2, 0) is 11.3 Å². The number of hydrogen-bond donors (Lipinski definition) is 1. The Morgan fingerprint density at radius 1 is 1.32 bits per heavy atom. The monoisotopic (exact) mass is 260 g/mol. The minimum Gasteiger partial charge on any atom is -0.326 e. The lowest BCUT2D eigenvalue weighted by Crippen LogP contribution is -2.37. The molecule has 0 saturated heterocycles. The summed E-state index contributed by atoms with van der Waals surface area (Å²) >= 11 is 0. The van der Waals surface area contributed by atoms with Crippen LogP contribution in [0.1, 0.15) is 38.7 Å². The van der Waals surface area contributed by atoms with Crippen molar-refractivity contribution < 1.29 is 4.79 Å². The zero-order chi connectivity index (χ0) is 13.8. The van der Waals surface area contributed by atoms with Gasteiger partial charge in [-0.25, -0.2) is 0 Å². The number of nitrogens with two attached hydrogens (primary N) is 1.